The van der Waals surface area contributed by atoms with E-state index in [0.717, 1.165) is 44.3 Å². The van der Waals surface area contributed by atoms with Crippen LogP contribution in [-0.4, -0.2) is 29.1 Å². The van der Waals surface area contributed by atoms with Gasteiger partial charge in [0.1, 0.15) is 0 Å². The van der Waals surface area contributed by atoms with E-state index in [0.29, 0.717) is 0 Å². The van der Waals surface area contributed by atoms with Crippen LogP contribution in [0.15, 0.2) is 91.0 Å². The van der Waals surface area contributed by atoms with Gasteiger partial charge in [-0.1, -0.05) is 91.0 Å². The van der Waals surface area contributed by atoms with Gasteiger partial charge in [-0.15, -0.1) is 0 Å². The summed E-state index contributed by atoms with van der Waals surface area (Å²) in [6.07, 6.45) is 6.46. The molecular formula is C29H37NO. The van der Waals surface area contributed by atoms with E-state index in [1.165, 1.54) is 24.0 Å². The number of aliphatic hydroxyl groups excluding tert-OH is 1. The third-order valence-corrected chi connectivity index (χ3v) is 6.18. The molecule has 0 aliphatic heterocycles. The van der Waals surface area contributed by atoms with Gasteiger partial charge in [0.15, 0.2) is 0 Å². The number of benzene rings is 3. The lowest BCUT2D eigenvalue weighted by Gasteiger charge is -2.33. The van der Waals surface area contributed by atoms with Crippen LogP contribution < -0.4 is 0 Å². The van der Waals surface area contributed by atoms with Crippen molar-refractivity contribution in [2.24, 2.45) is 0 Å². The van der Waals surface area contributed by atoms with Crippen molar-refractivity contribution in [3.8, 4) is 0 Å². The van der Waals surface area contributed by atoms with Gasteiger partial charge in [-0.2, -0.15) is 0 Å². The summed E-state index contributed by atoms with van der Waals surface area (Å²) >= 11 is 0. The number of aliphatic hydroxyl groups is 1. The van der Waals surface area contributed by atoms with Crippen molar-refractivity contribution in [2.45, 2.75) is 57.6 Å². The minimum absolute atomic E-state index is 0.107. The first-order valence-electron chi connectivity index (χ1n) is 11.8. The van der Waals surface area contributed by atoms with Crippen LogP contribution in [0.4, 0.5) is 0 Å². The minimum Gasteiger partial charge on any atom is -0.387 e. The van der Waals surface area contributed by atoms with Gasteiger partial charge in [0.2, 0.25) is 0 Å². The van der Waals surface area contributed by atoms with E-state index in [9.17, 15) is 5.11 Å². The highest BCUT2D eigenvalue weighted by molar-refractivity contribution is 5.19. The van der Waals surface area contributed by atoms with Crippen LogP contribution in [0.25, 0.3) is 0 Å². The average molecular weight is 416 g/mol. The normalized spacial score (nSPS) is 13.3. The summed E-state index contributed by atoms with van der Waals surface area (Å²) in [4.78, 5) is 2.49. The zero-order valence-electron chi connectivity index (χ0n) is 18.9. The summed E-state index contributed by atoms with van der Waals surface area (Å²) in [7, 11) is 0. The Hall–Kier alpha value is -2.42. The molecule has 0 heterocycles. The molecule has 0 saturated carbocycles. The third kappa shape index (κ3) is 7.97. The van der Waals surface area contributed by atoms with Crippen molar-refractivity contribution in [3.05, 3.63) is 108 Å². The number of hydrogen-bond donors (Lipinski definition) is 1. The van der Waals surface area contributed by atoms with Gasteiger partial charge in [0, 0.05) is 6.04 Å². The maximum atomic E-state index is 11.0. The first-order valence-corrected chi connectivity index (χ1v) is 11.8. The molecule has 164 valence electrons. The topological polar surface area (TPSA) is 23.5 Å². The molecule has 0 aromatic heterocycles. The molecule has 3 aromatic rings. The molecule has 0 aliphatic rings. The first-order chi connectivity index (χ1) is 15.2. The summed E-state index contributed by atoms with van der Waals surface area (Å²) < 4.78 is 0. The quantitative estimate of drug-likeness (QED) is 0.324. The zero-order chi connectivity index (χ0) is 21.7. The molecule has 0 spiro atoms. The molecular weight excluding hydrogens is 378 g/mol. The van der Waals surface area contributed by atoms with Crippen LogP contribution in [-0.2, 0) is 12.8 Å². The van der Waals surface area contributed by atoms with Crippen LogP contribution in [0.2, 0.25) is 0 Å². The Bertz CT molecular complexity index is 787. The van der Waals surface area contributed by atoms with E-state index in [1.54, 1.807) is 0 Å². The van der Waals surface area contributed by atoms with E-state index in [-0.39, 0.29) is 6.04 Å². The molecule has 2 atom stereocenters. The fourth-order valence-electron chi connectivity index (χ4n) is 4.22. The second-order valence-corrected chi connectivity index (χ2v) is 8.52. The second-order valence-electron chi connectivity index (χ2n) is 8.52. The second kappa shape index (κ2) is 13.1. The highest BCUT2D eigenvalue weighted by Gasteiger charge is 2.22. The standard InChI is InChI=1S/C29H37NO/c1-25(29(31)28-21-9-4-10-22-28)30(23-13-11-19-26-15-5-2-6-16-26)24-14-12-20-27-17-7-3-8-18-27/h2-10,15-18,21-22,25,29,31H,11-14,19-20,23-24H2,1H3/t25-,29-/m1/s1. The van der Waals surface area contributed by atoms with Gasteiger partial charge in [-0.25, -0.2) is 0 Å². The molecule has 31 heavy (non-hydrogen) atoms. The Morgan fingerprint density at radius 2 is 1.03 bits per heavy atom. The molecule has 3 rings (SSSR count). The molecule has 0 saturated heterocycles. The van der Waals surface area contributed by atoms with Crippen LogP contribution in [0.3, 0.4) is 0 Å². The molecule has 0 radical (unpaired) electrons. The van der Waals surface area contributed by atoms with Gasteiger partial charge in [-0.3, -0.25) is 4.90 Å². The van der Waals surface area contributed by atoms with Crippen molar-refractivity contribution < 1.29 is 5.11 Å². The van der Waals surface area contributed by atoms with Gasteiger partial charge in [0.25, 0.3) is 0 Å². The lowest BCUT2D eigenvalue weighted by Crippen LogP contribution is -2.39. The Morgan fingerprint density at radius 3 is 1.48 bits per heavy atom. The number of hydrogen-bond acceptors (Lipinski definition) is 2. The lowest BCUT2D eigenvalue weighted by molar-refractivity contribution is 0.0556. The van der Waals surface area contributed by atoms with Crippen LogP contribution in [0, 0.1) is 0 Å². The molecule has 2 nitrogen and oxygen atoms in total. The van der Waals surface area contributed by atoms with E-state index >= 15 is 0 Å². The predicted molar refractivity (Wildman–Crippen MR) is 131 cm³/mol. The monoisotopic (exact) mass is 415 g/mol. The molecule has 0 unspecified atom stereocenters. The highest BCUT2D eigenvalue weighted by Crippen LogP contribution is 2.22. The molecule has 3 aromatic carbocycles. The molecule has 0 bridgehead atoms. The summed E-state index contributed by atoms with van der Waals surface area (Å²) in [5, 5.41) is 11.0. The van der Waals surface area contributed by atoms with Crippen molar-refractivity contribution in [1.82, 2.24) is 4.90 Å². The number of unbranched alkanes of at least 4 members (excludes halogenated alkanes) is 2. The Labute approximate surface area is 188 Å². The molecule has 0 fully saturated rings. The van der Waals surface area contributed by atoms with Gasteiger partial charge < -0.3 is 5.11 Å². The van der Waals surface area contributed by atoms with Crippen molar-refractivity contribution in [1.29, 1.82) is 0 Å². The molecule has 0 aliphatic carbocycles. The minimum atomic E-state index is -0.454. The molecule has 0 amide bonds. The third-order valence-electron chi connectivity index (χ3n) is 6.18. The van der Waals surface area contributed by atoms with Gasteiger partial charge in [0.05, 0.1) is 6.10 Å². The van der Waals surface area contributed by atoms with Crippen molar-refractivity contribution in [3.63, 3.8) is 0 Å². The Balaban J connectivity index is 1.51. The summed E-state index contributed by atoms with van der Waals surface area (Å²) in [5.74, 6) is 0. The Kier molecular flexibility index (Phi) is 9.82. The van der Waals surface area contributed by atoms with Crippen LogP contribution in [0.5, 0.6) is 0 Å². The lowest BCUT2D eigenvalue weighted by atomic mass is 10.0. The van der Waals surface area contributed by atoms with Gasteiger partial charge in [-0.05, 0) is 75.2 Å². The number of nitrogens with zero attached hydrogens (tertiary/aromatic N) is 1. The number of aryl methyl sites for hydroxylation is 2. The highest BCUT2D eigenvalue weighted by atomic mass is 16.3. The molecule has 2 heteroatoms. The van der Waals surface area contributed by atoms with Crippen LogP contribution >= 0.6 is 0 Å². The van der Waals surface area contributed by atoms with Crippen LogP contribution in [0.1, 0.15) is 55.4 Å². The summed E-state index contributed by atoms with van der Waals surface area (Å²) in [5.41, 5.74) is 3.83. The SMILES string of the molecule is C[C@H]([C@@H](O)c1ccccc1)N(CCCCc1ccccc1)CCCCc1ccccc1. The molecule has 1 N–H and O–H groups in total. The Morgan fingerprint density at radius 1 is 0.613 bits per heavy atom. The maximum absolute atomic E-state index is 11.0. The van der Waals surface area contributed by atoms with E-state index in [2.05, 4.69) is 72.5 Å². The van der Waals surface area contributed by atoms with E-state index in [1.807, 2.05) is 30.3 Å². The van der Waals surface area contributed by atoms with E-state index in [4.69, 9.17) is 0 Å². The fraction of sp³-hybridized carbons (Fsp3) is 0.379. The number of rotatable bonds is 13. The summed E-state index contributed by atoms with van der Waals surface area (Å²) in [6, 6.07) is 31.7. The average Bonchev–Trinajstić information content (AvgIpc) is 2.84. The van der Waals surface area contributed by atoms with Crippen molar-refractivity contribution in [2.75, 3.05) is 13.1 Å². The first kappa shape index (κ1) is 23.2. The summed E-state index contributed by atoms with van der Waals surface area (Å²) in [6.45, 7) is 4.23. The van der Waals surface area contributed by atoms with E-state index < -0.39 is 6.10 Å². The largest absolute Gasteiger partial charge is 0.387 e. The maximum Gasteiger partial charge on any atom is 0.0942 e. The van der Waals surface area contributed by atoms with Crippen molar-refractivity contribution >= 4 is 0 Å². The smallest absolute Gasteiger partial charge is 0.0942 e. The zero-order valence-corrected chi connectivity index (χ0v) is 18.9. The predicted octanol–water partition coefficient (Wildman–Crippen LogP) is 6.46. The van der Waals surface area contributed by atoms with Gasteiger partial charge >= 0.3 is 0 Å². The fourth-order valence-corrected chi connectivity index (χ4v) is 4.22.